The number of nitrogens with zero attached hydrogens (tertiary/aromatic N) is 1. The minimum absolute atomic E-state index is 0.00205. The third kappa shape index (κ3) is 5.37. The fraction of sp³-hybridized carbons (Fsp3) is 0.615. The fourth-order valence-electron chi connectivity index (χ4n) is 5.42. The second kappa shape index (κ2) is 9.96. The van der Waals surface area contributed by atoms with E-state index in [4.69, 9.17) is 16.3 Å². The Bertz CT molecular complexity index is 855. The van der Waals surface area contributed by atoms with Crippen LogP contribution in [0.2, 0.25) is 5.02 Å². The van der Waals surface area contributed by atoms with Gasteiger partial charge in [0.25, 0.3) is 0 Å². The van der Waals surface area contributed by atoms with Gasteiger partial charge in [-0.05, 0) is 69.6 Å². The van der Waals surface area contributed by atoms with Crippen molar-refractivity contribution in [1.82, 2.24) is 10.2 Å². The lowest BCUT2D eigenvalue weighted by Gasteiger charge is -2.48. The second-order valence-electron chi connectivity index (χ2n) is 10.1. The third-order valence-electron chi connectivity index (χ3n) is 7.47. The zero-order valence-corrected chi connectivity index (χ0v) is 20.6. The monoisotopic (exact) mass is 460 g/mol. The number of carbonyl (C=O) groups is 2. The van der Waals surface area contributed by atoms with Crippen molar-refractivity contribution >= 4 is 23.4 Å². The molecule has 0 aliphatic carbocycles. The molecule has 6 heteroatoms. The number of amides is 2. The molecule has 0 bridgehead atoms. The highest BCUT2D eigenvalue weighted by molar-refractivity contribution is 6.31. The maximum absolute atomic E-state index is 13.8. The van der Waals surface area contributed by atoms with Crippen LogP contribution in [0.4, 0.5) is 0 Å². The smallest absolute Gasteiger partial charge is 0.243 e. The van der Waals surface area contributed by atoms with Crippen LogP contribution in [0.1, 0.15) is 64.9 Å². The number of rotatable bonds is 6. The maximum Gasteiger partial charge on any atom is 0.243 e. The number of piperidine rings is 1. The predicted molar refractivity (Wildman–Crippen MR) is 129 cm³/mol. The summed E-state index contributed by atoms with van der Waals surface area (Å²) in [6.07, 6.45) is 4.75. The summed E-state index contributed by atoms with van der Waals surface area (Å²) in [4.78, 5) is 27.5. The molecule has 5 nitrogen and oxygen atoms in total. The summed E-state index contributed by atoms with van der Waals surface area (Å²) in [5.74, 6) is -0.219. The first-order valence-electron chi connectivity index (χ1n) is 11.7. The molecule has 1 aromatic rings. The lowest BCUT2D eigenvalue weighted by molar-refractivity contribution is -0.154. The molecule has 0 unspecified atom stereocenters. The molecule has 2 heterocycles. The molecule has 176 valence electrons. The van der Waals surface area contributed by atoms with Crippen molar-refractivity contribution in [2.24, 2.45) is 11.3 Å². The van der Waals surface area contributed by atoms with Gasteiger partial charge in [-0.15, -0.1) is 0 Å². The van der Waals surface area contributed by atoms with Gasteiger partial charge < -0.3 is 15.0 Å². The van der Waals surface area contributed by atoms with E-state index in [2.05, 4.69) is 39.6 Å². The highest BCUT2D eigenvalue weighted by Crippen LogP contribution is 2.44. The molecular weight excluding hydrogens is 424 g/mol. The minimum atomic E-state index is -0.297. The molecule has 4 atom stereocenters. The molecule has 0 aromatic heterocycles. The van der Waals surface area contributed by atoms with Gasteiger partial charge in [0.2, 0.25) is 11.8 Å². The molecule has 0 saturated carbocycles. The molecule has 32 heavy (non-hydrogen) atoms. The molecule has 2 amide bonds. The van der Waals surface area contributed by atoms with Crippen LogP contribution in [0.5, 0.6) is 0 Å². The molecule has 1 N–H and O–H groups in total. The standard InChI is InChI=1S/C26H37ClN2O3/c1-6-23(30)28-17-26(7-2)12-13-29(18(3)14-26)24(31)21-16-32-25(4,5)15-20(21)19-10-8-9-11-22(19)27/h6,8-11,18,20-21H,1,7,12-17H2,2-5H3,(H,28,30)/t18-,20+,21-,26-/m0/s1. The minimum Gasteiger partial charge on any atom is -0.375 e. The molecule has 2 fully saturated rings. The molecule has 1 aromatic carbocycles. The van der Waals surface area contributed by atoms with Crippen molar-refractivity contribution < 1.29 is 14.3 Å². The molecule has 0 radical (unpaired) electrons. The Morgan fingerprint density at radius 1 is 1.31 bits per heavy atom. The van der Waals surface area contributed by atoms with Crippen molar-refractivity contribution in [3.8, 4) is 0 Å². The van der Waals surface area contributed by atoms with Crippen LogP contribution in [-0.4, -0.2) is 48.1 Å². The molecule has 2 saturated heterocycles. The van der Waals surface area contributed by atoms with Crippen LogP contribution in [0, 0.1) is 11.3 Å². The number of likely N-dealkylation sites (tertiary alicyclic amines) is 1. The Morgan fingerprint density at radius 2 is 2.03 bits per heavy atom. The fourth-order valence-corrected chi connectivity index (χ4v) is 5.69. The second-order valence-corrected chi connectivity index (χ2v) is 10.5. The largest absolute Gasteiger partial charge is 0.375 e. The van der Waals surface area contributed by atoms with Gasteiger partial charge in [0.05, 0.1) is 18.1 Å². The lowest BCUT2D eigenvalue weighted by atomic mass is 9.72. The van der Waals surface area contributed by atoms with Gasteiger partial charge in [-0.1, -0.05) is 43.3 Å². The highest BCUT2D eigenvalue weighted by atomic mass is 35.5. The van der Waals surface area contributed by atoms with Gasteiger partial charge in [-0.3, -0.25) is 9.59 Å². The summed E-state index contributed by atoms with van der Waals surface area (Å²) in [7, 11) is 0. The first kappa shape index (κ1) is 24.8. The number of halogens is 1. The Morgan fingerprint density at radius 3 is 2.66 bits per heavy atom. The SMILES string of the molecule is C=CC(=O)NC[C@@]1(CC)CCN(C(=O)[C@H]2COC(C)(C)C[C@@H]2c2ccccc2Cl)[C@@H](C)C1. The van der Waals surface area contributed by atoms with E-state index in [0.29, 0.717) is 24.7 Å². The van der Waals surface area contributed by atoms with Crippen LogP contribution in [-0.2, 0) is 14.3 Å². The number of benzene rings is 1. The number of hydrogen-bond donors (Lipinski definition) is 1. The normalized spacial score (nSPS) is 29.9. The van der Waals surface area contributed by atoms with E-state index in [1.54, 1.807) is 0 Å². The summed E-state index contributed by atoms with van der Waals surface area (Å²) >= 11 is 6.56. The summed E-state index contributed by atoms with van der Waals surface area (Å²) < 4.78 is 6.11. The number of hydrogen-bond acceptors (Lipinski definition) is 3. The molecule has 3 rings (SSSR count). The molecule has 2 aliphatic rings. The van der Waals surface area contributed by atoms with E-state index in [-0.39, 0.29) is 40.7 Å². The van der Waals surface area contributed by atoms with Crippen LogP contribution in [0.3, 0.4) is 0 Å². The maximum atomic E-state index is 13.8. The van der Waals surface area contributed by atoms with Gasteiger partial charge in [0.15, 0.2) is 0 Å². The Balaban J connectivity index is 1.77. The van der Waals surface area contributed by atoms with Crippen molar-refractivity contribution in [3.63, 3.8) is 0 Å². The van der Waals surface area contributed by atoms with Gasteiger partial charge in [0, 0.05) is 30.1 Å². The zero-order valence-electron chi connectivity index (χ0n) is 19.8. The van der Waals surface area contributed by atoms with Crippen LogP contribution in [0.15, 0.2) is 36.9 Å². The van der Waals surface area contributed by atoms with E-state index in [1.807, 2.05) is 29.2 Å². The average molecular weight is 461 g/mol. The summed E-state index contributed by atoms with van der Waals surface area (Å²) in [5, 5.41) is 3.68. The van der Waals surface area contributed by atoms with E-state index in [0.717, 1.165) is 31.2 Å². The van der Waals surface area contributed by atoms with Gasteiger partial charge in [0.1, 0.15) is 0 Å². The molecule has 2 aliphatic heterocycles. The summed E-state index contributed by atoms with van der Waals surface area (Å²) in [6, 6.07) is 7.95. The third-order valence-corrected chi connectivity index (χ3v) is 7.82. The zero-order chi connectivity index (χ0) is 23.5. The van der Waals surface area contributed by atoms with Crippen molar-refractivity contribution in [1.29, 1.82) is 0 Å². The Labute approximate surface area is 197 Å². The molecule has 0 spiro atoms. The first-order chi connectivity index (χ1) is 15.1. The number of carbonyl (C=O) groups excluding carboxylic acids is 2. The predicted octanol–water partition coefficient (Wildman–Crippen LogP) is 4.95. The molecular formula is C26H37ClN2O3. The van der Waals surface area contributed by atoms with E-state index >= 15 is 0 Å². The topological polar surface area (TPSA) is 58.6 Å². The summed E-state index contributed by atoms with van der Waals surface area (Å²) in [5.41, 5.74) is 0.736. The highest BCUT2D eigenvalue weighted by Gasteiger charge is 2.45. The Kier molecular flexibility index (Phi) is 7.72. The van der Waals surface area contributed by atoms with Crippen molar-refractivity contribution in [2.45, 2.75) is 70.9 Å². The Hall–Kier alpha value is -1.85. The van der Waals surface area contributed by atoms with Crippen LogP contribution in [0.25, 0.3) is 0 Å². The summed E-state index contributed by atoms with van der Waals surface area (Å²) in [6.45, 7) is 13.7. The van der Waals surface area contributed by atoms with E-state index in [9.17, 15) is 9.59 Å². The van der Waals surface area contributed by atoms with Gasteiger partial charge in [-0.2, -0.15) is 0 Å². The quantitative estimate of drug-likeness (QED) is 0.611. The number of nitrogens with one attached hydrogen (secondary N) is 1. The van der Waals surface area contributed by atoms with Crippen molar-refractivity contribution in [2.75, 3.05) is 19.7 Å². The first-order valence-corrected chi connectivity index (χ1v) is 12.1. The van der Waals surface area contributed by atoms with Gasteiger partial charge >= 0.3 is 0 Å². The average Bonchev–Trinajstić information content (AvgIpc) is 2.77. The van der Waals surface area contributed by atoms with E-state index < -0.39 is 0 Å². The van der Waals surface area contributed by atoms with Crippen LogP contribution >= 0.6 is 11.6 Å². The number of ether oxygens (including phenoxy) is 1. The lowest BCUT2D eigenvalue weighted by Crippen LogP contribution is -2.55. The van der Waals surface area contributed by atoms with Crippen molar-refractivity contribution in [3.05, 3.63) is 47.5 Å². The van der Waals surface area contributed by atoms with Gasteiger partial charge in [-0.25, -0.2) is 0 Å². The van der Waals surface area contributed by atoms with Crippen LogP contribution < -0.4 is 5.32 Å². The van der Waals surface area contributed by atoms with E-state index in [1.165, 1.54) is 6.08 Å².